The second-order valence-corrected chi connectivity index (χ2v) is 12.5. The summed E-state index contributed by atoms with van der Waals surface area (Å²) >= 11 is 0. The summed E-state index contributed by atoms with van der Waals surface area (Å²) in [7, 11) is 6.17. The van der Waals surface area contributed by atoms with Gasteiger partial charge in [0.2, 0.25) is 0 Å². The highest BCUT2D eigenvalue weighted by atomic mass is 16.5. The molecule has 8 heteroatoms. The molecule has 0 saturated heterocycles. The van der Waals surface area contributed by atoms with Gasteiger partial charge in [-0.3, -0.25) is 9.69 Å². The number of hydrogen-bond donors (Lipinski definition) is 1. The lowest BCUT2D eigenvalue weighted by Gasteiger charge is -2.35. The number of fused-ring (bicyclic) bond motifs is 6. The summed E-state index contributed by atoms with van der Waals surface area (Å²) in [5.41, 5.74) is 6.93. The molecule has 0 bridgehead atoms. The van der Waals surface area contributed by atoms with Crippen molar-refractivity contribution in [2.45, 2.75) is 39.1 Å². The molecule has 1 amide bonds. The monoisotopic (exact) mass is 596 g/mol. The third-order valence-corrected chi connectivity index (χ3v) is 9.29. The third kappa shape index (κ3) is 5.70. The van der Waals surface area contributed by atoms with Crippen LogP contribution in [0, 0.1) is 5.92 Å². The number of aliphatic hydroxyl groups excluding tert-OH is 1. The van der Waals surface area contributed by atoms with E-state index in [4.69, 9.17) is 9.47 Å². The topological polar surface area (TPSA) is 70.4 Å². The van der Waals surface area contributed by atoms with Crippen LogP contribution in [-0.2, 0) is 24.9 Å². The van der Waals surface area contributed by atoms with Crippen LogP contribution in [0.1, 0.15) is 35.5 Å². The zero-order chi connectivity index (χ0) is 31.0. The average molecular weight is 597 g/mol. The Labute approximate surface area is 260 Å². The number of aryl methyl sites for hydroxylation is 1. The summed E-state index contributed by atoms with van der Waals surface area (Å²) in [5, 5.41) is 11.3. The summed E-state index contributed by atoms with van der Waals surface area (Å²) in [6.45, 7) is 7.87. The molecule has 0 aliphatic carbocycles. The first-order valence-electron chi connectivity index (χ1n) is 15.6. The van der Waals surface area contributed by atoms with E-state index < -0.39 is 0 Å². The van der Waals surface area contributed by atoms with E-state index in [2.05, 4.69) is 73.3 Å². The van der Waals surface area contributed by atoms with Gasteiger partial charge in [-0.2, -0.15) is 0 Å². The Hall–Kier alpha value is -3.85. The van der Waals surface area contributed by atoms with Crippen molar-refractivity contribution in [3.63, 3.8) is 0 Å². The molecule has 3 aromatic carbocycles. The van der Waals surface area contributed by atoms with Crippen LogP contribution in [0.3, 0.4) is 0 Å². The SMILES string of the molecule is C[C@H](CO)N1C[C@H](C)[C@H](CN(C)Cc2ccc3c(c2)OCCN3C)OCc2ccccc2-c2c(n(C)c3ccccc23)C1=O. The van der Waals surface area contributed by atoms with Gasteiger partial charge in [0.15, 0.2) is 0 Å². The average Bonchev–Trinajstić information content (AvgIpc) is 3.32. The molecule has 3 atom stereocenters. The lowest BCUT2D eigenvalue weighted by molar-refractivity contribution is -0.0242. The number of likely N-dealkylation sites (N-methyl/N-ethyl adjacent to an activating group) is 2. The minimum Gasteiger partial charge on any atom is -0.490 e. The minimum absolute atomic E-state index is 0.0133. The van der Waals surface area contributed by atoms with Crippen molar-refractivity contribution in [3.05, 3.63) is 83.6 Å². The lowest BCUT2D eigenvalue weighted by atomic mass is 9.96. The fourth-order valence-electron chi connectivity index (χ4n) is 6.71. The Morgan fingerprint density at radius 2 is 1.84 bits per heavy atom. The van der Waals surface area contributed by atoms with Gasteiger partial charge in [-0.25, -0.2) is 0 Å². The molecule has 2 aliphatic rings. The number of carbonyl (C=O) groups is 1. The first-order chi connectivity index (χ1) is 21.3. The summed E-state index contributed by atoms with van der Waals surface area (Å²) in [4.78, 5) is 20.9. The van der Waals surface area contributed by atoms with Gasteiger partial charge in [0.05, 0.1) is 37.6 Å². The largest absolute Gasteiger partial charge is 0.490 e. The Balaban J connectivity index is 1.34. The maximum atomic E-state index is 14.6. The maximum absolute atomic E-state index is 14.6. The molecular formula is C36H44N4O4. The van der Waals surface area contributed by atoms with Gasteiger partial charge >= 0.3 is 0 Å². The Bertz CT molecular complexity index is 1650. The van der Waals surface area contributed by atoms with Gasteiger partial charge in [-0.1, -0.05) is 55.5 Å². The molecule has 6 rings (SSSR count). The van der Waals surface area contributed by atoms with Crippen LogP contribution in [0.5, 0.6) is 5.75 Å². The molecule has 232 valence electrons. The molecule has 8 nitrogen and oxygen atoms in total. The van der Waals surface area contributed by atoms with Crippen LogP contribution in [0.4, 0.5) is 5.69 Å². The van der Waals surface area contributed by atoms with E-state index in [1.54, 1.807) is 0 Å². The highest BCUT2D eigenvalue weighted by Gasteiger charge is 2.33. The third-order valence-electron chi connectivity index (χ3n) is 9.29. The fourth-order valence-corrected chi connectivity index (χ4v) is 6.71. The van der Waals surface area contributed by atoms with Crippen LogP contribution in [0.2, 0.25) is 0 Å². The second kappa shape index (κ2) is 12.6. The van der Waals surface area contributed by atoms with Crippen molar-refractivity contribution in [2.24, 2.45) is 13.0 Å². The number of hydrogen-bond acceptors (Lipinski definition) is 6. The van der Waals surface area contributed by atoms with E-state index >= 15 is 0 Å². The normalized spacial score (nSPS) is 19.7. The summed E-state index contributed by atoms with van der Waals surface area (Å²) in [6, 6.07) is 22.5. The zero-order valence-corrected chi connectivity index (χ0v) is 26.5. The molecule has 0 radical (unpaired) electrons. The van der Waals surface area contributed by atoms with Crippen molar-refractivity contribution in [1.82, 2.24) is 14.4 Å². The molecule has 4 aromatic rings. The first-order valence-corrected chi connectivity index (χ1v) is 15.6. The molecule has 1 N–H and O–H groups in total. The number of carbonyl (C=O) groups excluding carboxylic acids is 1. The highest BCUT2D eigenvalue weighted by molar-refractivity contribution is 6.10. The quantitative estimate of drug-likeness (QED) is 0.332. The molecule has 0 unspecified atom stereocenters. The van der Waals surface area contributed by atoms with E-state index in [9.17, 15) is 9.90 Å². The Kier molecular flexibility index (Phi) is 8.67. The zero-order valence-electron chi connectivity index (χ0n) is 26.5. The maximum Gasteiger partial charge on any atom is 0.271 e. The van der Waals surface area contributed by atoms with Crippen molar-refractivity contribution in [1.29, 1.82) is 0 Å². The minimum atomic E-state index is -0.348. The molecule has 2 aliphatic heterocycles. The van der Waals surface area contributed by atoms with Gasteiger partial charge in [0.25, 0.3) is 5.91 Å². The van der Waals surface area contributed by atoms with Crippen molar-refractivity contribution >= 4 is 22.5 Å². The van der Waals surface area contributed by atoms with E-state index in [1.165, 1.54) is 5.56 Å². The first kappa shape index (κ1) is 30.2. The Morgan fingerprint density at radius 1 is 1.07 bits per heavy atom. The number of amides is 1. The van der Waals surface area contributed by atoms with Gasteiger partial charge in [-0.05, 0) is 48.9 Å². The molecular weight excluding hydrogens is 552 g/mol. The number of para-hydroxylation sites is 1. The predicted octanol–water partition coefficient (Wildman–Crippen LogP) is 5.16. The predicted molar refractivity (Wildman–Crippen MR) is 175 cm³/mol. The van der Waals surface area contributed by atoms with Crippen molar-refractivity contribution in [3.8, 4) is 16.9 Å². The molecule has 3 heterocycles. The molecule has 0 fully saturated rings. The van der Waals surface area contributed by atoms with E-state index in [0.29, 0.717) is 32.0 Å². The number of benzene rings is 3. The van der Waals surface area contributed by atoms with Crippen LogP contribution in [0.15, 0.2) is 66.7 Å². The van der Waals surface area contributed by atoms with E-state index in [0.717, 1.165) is 52.1 Å². The molecule has 0 saturated carbocycles. The number of ether oxygens (including phenoxy) is 2. The van der Waals surface area contributed by atoms with Crippen LogP contribution in [0.25, 0.3) is 22.0 Å². The number of aromatic nitrogens is 1. The van der Waals surface area contributed by atoms with Gasteiger partial charge in [-0.15, -0.1) is 0 Å². The Morgan fingerprint density at radius 3 is 2.66 bits per heavy atom. The van der Waals surface area contributed by atoms with Crippen LogP contribution in [-0.4, -0.2) is 84.5 Å². The number of nitrogens with zero attached hydrogens (tertiary/aromatic N) is 4. The lowest BCUT2D eigenvalue weighted by Crippen LogP contribution is -2.47. The van der Waals surface area contributed by atoms with Crippen molar-refractivity contribution < 1.29 is 19.4 Å². The highest BCUT2D eigenvalue weighted by Crippen LogP contribution is 2.38. The second-order valence-electron chi connectivity index (χ2n) is 12.5. The fraction of sp³-hybridized carbons (Fsp3) is 0.417. The van der Waals surface area contributed by atoms with Crippen LogP contribution >= 0.6 is 0 Å². The smallest absolute Gasteiger partial charge is 0.271 e. The number of anilines is 1. The van der Waals surface area contributed by atoms with E-state index in [-0.39, 0.29) is 30.6 Å². The molecule has 1 aromatic heterocycles. The number of rotatable bonds is 6. The van der Waals surface area contributed by atoms with Crippen LogP contribution < -0.4 is 9.64 Å². The summed E-state index contributed by atoms with van der Waals surface area (Å²) in [6.07, 6.45) is -0.146. The number of aliphatic hydroxyl groups is 1. The molecule has 44 heavy (non-hydrogen) atoms. The standard InChI is InChI=1S/C36H44N4O4/c1-24-19-40(25(2)22-41)36(42)35-34(29-12-8-9-13-30(29)39(35)5)28-11-7-6-10-27(28)23-44-33(24)21-37(3)20-26-14-15-31-32(18-26)43-17-16-38(31)4/h6-15,18,24-25,33,41H,16-17,19-23H2,1-5H3/t24-,25+,33-/m0/s1. The van der Waals surface area contributed by atoms with Gasteiger partial charge < -0.3 is 28.9 Å². The van der Waals surface area contributed by atoms with Gasteiger partial charge in [0, 0.05) is 56.1 Å². The molecule has 0 spiro atoms. The van der Waals surface area contributed by atoms with Crippen molar-refractivity contribution in [2.75, 3.05) is 51.8 Å². The van der Waals surface area contributed by atoms with E-state index in [1.807, 2.05) is 47.7 Å². The summed E-state index contributed by atoms with van der Waals surface area (Å²) < 4.78 is 14.7. The summed E-state index contributed by atoms with van der Waals surface area (Å²) in [5.74, 6) is 0.870. The van der Waals surface area contributed by atoms with Gasteiger partial charge in [0.1, 0.15) is 18.1 Å².